The topological polar surface area (TPSA) is 54.6 Å². The first-order valence-electron chi connectivity index (χ1n) is 7.49. The van der Waals surface area contributed by atoms with E-state index < -0.39 is 17.7 Å². The average molecular weight is 356 g/mol. The molecule has 0 amide bonds. The van der Waals surface area contributed by atoms with Gasteiger partial charge in [0, 0.05) is 12.7 Å². The Morgan fingerprint density at radius 3 is 2.67 bits per heavy atom. The predicted octanol–water partition coefficient (Wildman–Crippen LogP) is 4.40. The second-order valence-corrected chi connectivity index (χ2v) is 6.63. The van der Waals surface area contributed by atoms with Crippen LogP contribution < -0.4 is 4.80 Å². The number of halogens is 3. The summed E-state index contributed by atoms with van der Waals surface area (Å²) in [7, 11) is 0. The van der Waals surface area contributed by atoms with Crippen molar-refractivity contribution in [3.63, 3.8) is 0 Å². The van der Waals surface area contributed by atoms with Gasteiger partial charge in [0.2, 0.25) is 0 Å². The van der Waals surface area contributed by atoms with Crippen LogP contribution in [0.5, 0.6) is 0 Å². The highest BCUT2D eigenvalue weighted by Gasteiger charge is 2.38. The lowest BCUT2D eigenvalue weighted by molar-refractivity contribution is -0.138. The lowest BCUT2D eigenvalue weighted by Gasteiger charge is -2.12. The number of carboxylic acids is 1. The number of benzene rings is 1. The Morgan fingerprint density at radius 1 is 1.42 bits per heavy atom. The monoisotopic (exact) mass is 356 g/mol. The Morgan fingerprint density at radius 2 is 2.12 bits per heavy atom. The van der Waals surface area contributed by atoms with E-state index in [4.69, 9.17) is 5.11 Å². The van der Waals surface area contributed by atoms with Gasteiger partial charge in [-0.05, 0) is 43.4 Å². The number of aromatic nitrogens is 1. The first-order chi connectivity index (χ1) is 11.3. The normalized spacial score (nSPS) is 15.8. The second-order valence-electron chi connectivity index (χ2n) is 5.62. The highest BCUT2D eigenvalue weighted by atomic mass is 32.1. The summed E-state index contributed by atoms with van der Waals surface area (Å²) in [5, 5.41) is 9.05. The Bertz CT molecular complexity index is 848. The number of hydrogen-bond donors (Lipinski definition) is 1. The molecule has 1 fully saturated rings. The van der Waals surface area contributed by atoms with Crippen molar-refractivity contribution in [3.05, 3.63) is 45.2 Å². The minimum atomic E-state index is -4.42. The molecule has 1 aliphatic carbocycles. The lowest BCUT2D eigenvalue weighted by atomic mass is 10.0. The zero-order valence-electron chi connectivity index (χ0n) is 12.8. The number of aryl methyl sites for hydroxylation is 1. The van der Waals surface area contributed by atoms with Crippen molar-refractivity contribution in [1.82, 2.24) is 4.57 Å². The zero-order valence-corrected chi connectivity index (χ0v) is 13.6. The molecule has 4 nitrogen and oxygen atoms in total. The highest BCUT2D eigenvalue weighted by molar-refractivity contribution is 7.11. The Kier molecular flexibility index (Phi) is 4.25. The molecule has 3 rings (SSSR count). The zero-order chi connectivity index (χ0) is 17.5. The number of carboxylic acid groups (broad SMARTS) is 1. The molecule has 1 N–H and O–H groups in total. The summed E-state index contributed by atoms with van der Waals surface area (Å²) in [6.45, 7) is 2.30. The fourth-order valence-corrected chi connectivity index (χ4v) is 3.43. The molecule has 1 saturated carbocycles. The highest BCUT2D eigenvalue weighted by Crippen LogP contribution is 2.46. The van der Waals surface area contributed by atoms with Gasteiger partial charge in [0.15, 0.2) is 4.80 Å². The van der Waals surface area contributed by atoms with E-state index in [0.717, 1.165) is 30.2 Å². The third-order valence-corrected chi connectivity index (χ3v) is 4.86. The Hall–Kier alpha value is -2.09. The molecule has 128 valence electrons. The Balaban J connectivity index is 2.09. The van der Waals surface area contributed by atoms with Gasteiger partial charge in [0.1, 0.15) is 4.88 Å². The van der Waals surface area contributed by atoms with Crippen LogP contribution in [0, 0.1) is 0 Å². The number of rotatable bonds is 4. The van der Waals surface area contributed by atoms with E-state index in [0.29, 0.717) is 16.9 Å². The molecular formula is C16H15F3N2O2S. The van der Waals surface area contributed by atoms with Crippen LogP contribution in [-0.2, 0) is 12.7 Å². The van der Waals surface area contributed by atoms with Crippen molar-refractivity contribution in [2.24, 2.45) is 4.99 Å². The minimum absolute atomic E-state index is 0.0170. The number of carbonyl (C=O) groups is 1. The summed E-state index contributed by atoms with van der Waals surface area (Å²) < 4.78 is 41.5. The maximum Gasteiger partial charge on any atom is 0.416 e. The lowest BCUT2D eigenvalue weighted by Crippen LogP contribution is -2.12. The quantitative estimate of drug-likeness (QED) is 0.883. The minimum Gasteiger partial charge on any atom is -0.477 e. The van der Waals surface area contributed by atoms with Crippen LogP contribution >= 0.6 is 11.3 Å². The number of thiazole rings is 1. The molecule has 0 saturated heterocycles. The van der Waals surface area contributed by atoms with Gasteiger partial charge < -0.3 is 9.67 Å². The Labute approximate surface area is 139 Å². The molecule has 1 aliphatic rings. The summed E-state index contributed by atoms with van der Waals surface area (Å²) in [6, 6.07) is 4.10. The molecule has 0 aliphatic heterocycles. The van der Waals surface area contributed by atoms with Gasteiger partial charge in [0.05, 0.1) is 11.3 Å². The van der Waals surface area contributed by atoms with Crippen LogP contribution in [0.3, 0.4) is 0 Å². The van der Waals surface area contributed by atoms with E-state index in [1.807, 2.05) is 6.92 Å². The fourth-order valence-electron chi connectivity index (χ4n) is 2.51. The van der Waals surface area contributed by atoms with Gasteiger partial charge in [0.25, 0.3) is 0 Å². The van der Waals surface area contributed by atoms with Gasteiger partial charge in [-0.3, -0.25) is 0 Å². The van der Waals surface area contributed by atoms with Gasteiger partial charge in [-0.15, -0.1) is 0 Å². The maximum absolute atomic E-state index is 13.3. The SMILES string of the molecule is CCn1cc(C(=O)O)sc1=Nc1ccc(C2CC2)c(C(F)(F)F)c1. The van der Waals surface area contributed by atoms with Gasteiger partial charge in [-0.1, -0.05) is 17.4 Å². The largest absolute Gasteiger partial charge is 0.477 e. The molecule has 0 bridgehead atoms. The predicted molar refractivity (Wildman–Crippen MR) is 83.6 cm³/mol. The summed E-state index contributed by atoms with van der Waals surface area (Å²) >= 11 is 0.939. The van der Waals surface area contributed by atoms with Crippen molar-refractivity contribution in [2.75, 3.05) is 0 Å². The molecule has 0 spiro atoms. The molecule has 24 heavy (non-hydrogen) atoms. The standard InChI is InChI=1S/C16H15F3N2O2S/c1-2-21-8-13(14(22)23)24-15(21)20-10-5-6-11(9-3-4-9)12(7-10)16(17,18)19/h5-9H,2-4H2,1H3,(H,22,23). The first-order valence-corrected chi connectivity index (χ1v) is 8.30. The van der Waals surface area contributed by atoms with Crippen molar-refractivity contribution in [3.8, 4) is 0 Å². The van der Waals surface area contributed by atoms with Crippen molar-refractivity contribution in [2.45, 2.75) is 38.4 Å². The van der Waals surface area contributed by atoms with Crippen LogP contribution in [0.4, 0.5) is 18.9 Å². The summed E-state index contributed by atoms with van der Waals surface area (Å²) in [5.41, 5.74) is -0.153. The third-order valence-electron chi connectivity index (χ3n) is 3.86. The molecule has 1 aromatic heterocycles. The summed E-state index contributed by atoms with van der Waals surface area (Å²) in [6.07, 6.45) is -1.43. The van der Waals surface area contributed by atoms with E-state index in [1.54, 1.807) is 10.6 Å². The number of hydrogen-bond acceptors (Lipinski definition) is 3. The molecule has 8 heteroatoms. The van der Waals surface area contributed by atoms with Crippen LogP contribution in [0.2, 0.25) is 0 Å². The summed E-state index contributed by atoms with van der Waals surface area (Å²) in [4.78, 5) is 15.7. The fraction of sp³-hybridized carbons (Fsp3) is 0.375. The van der Waals surface area contributed by atoms with Crippen LogP contribution in [0.1, 0.15) is 46.5 Å². The average Bonchev–Trinajstić information content (AvgIpc) is 3.27. The van der Waals surface area contributed by atoms with E-state index in [1.165, 1.54) is 12.3 Å². The number of nitrogens with zero attached hydrogens (tertiary/aromatic N) is 2. The third kappa shape index (κ3) is 3.38. The second kappa shape index (κ2) is 6.08. The van der Waals surface area contributed by atoms with Gasteiger partial charge in [-0.2, -0.15) is 13.2 Å². The maximum atomic E-state index is 13.3. The first kappa shape index (κ1) is 16.8. The molecular weight excluding hydrogens is 341 g/mol. The van der Waals surface area contributed by atoms with E-state index >= 15 is 0 Å². The molecule has 1 heterocycles. The summed E-state index contributed by atoms with van der Waals surface area (Å²) in [5.74, 6) is -1.10. The van der Waals surface area contributed by atoms with E-state index in [-0.39, 0.29) is 16.5 Å². The molecule has 0 radical (unpaired) electrons. The number of aromatic carboxylic acids is 1. The van der Waals surface area contributed by atoms with Gasteiger partial charge in [-0.25, -0.2) is 9.79 Å². The van der Waals surface area contributed by atoms with Crippen LogP contribution in [0.25, 0.3) is 0 Å². The van der Waals surface area contributed by atoms with Gasteiger partial charge >= 0.3 is 12.1 Å². The van der Waals surface area contributed by atoms with Crippen molar-refractivity contribution < 1.29 is 23.1 Å². The molecule has 0 atom stereocenters. The van der Waals surface area contributed by atoms with Crippen molar-refractivity contribution in [1.29, 1.82) is 0 Å². The van der Waals surface area contributed by atoms with E-state index in [2.05, 4.69) is 4.99 Å². The molecule has 0 unspecified atom stereocenters. The molecule has 2 aromatic rings. The van der Waals surface area contributed by atoms with Crippen LogP contribution in [-0.4, -0.2) is 15.6 Å². The molecule has 1 aromatic carbocycles. The van der Waals surface area contributed by atoms with Crippen LogP contribution in [0.15, 0.2) is 29.4 Å². The number of alkyl halides is 3. The smallest absolute Gasteiger partial charge is 0.416 e. The van der Waals surface area contributed by atoms with E-state index in [9.17, 15) is 18.0 Å². The van der Waals surface area contributed by atoms with Crippen molar-refractivity contribution >= 4 is 23.0 Å².